The molecule has 2 N–H and O–H groups in total. The summed E-state index contributed by atoms with van der Waals surface area (Å²) < 4.78 is 0. The Morgan fingerprint density at radius 2 is 2.00 bits per heavy atom. The van der Waals surface area contributed by atoms with Crippen LogP contribution in [-0.4, -0.2) is 11.8 Å². The maximum atomic E-state index is 11.9. The Morgan fingerprint density at radius 3 is 2.53 bits per heavy atom. The van der Waals surface area contributed by atoms with E-state index in [0.29, 0.717) is 24.0 Å². The molecular weight excluding hydrogens is 186 g/mol. The molecule has 15 heavy (non-hydrogen) atoms. The molecule has 1 aliphatic carbocycles. The van der Waals surface area contributed by atoms with Gasteiger partial charge in [0.15, 0.2) is 0 Å². The molecule has 0 radical (unpaired) electrons. The number of Topliss-reactive ketones (excluding diaryl/α,β-unsaturated/α-hetero) is 1. The average Bonchev–Trinajstić information content (AvgIpc) is 2.21. The van der Waals surface area contributed by atoms with Crippen molar-refractivity contribution >= 4 is 5.78 Å². The van der Waals surface area contributed by atoms with Crippen molar-refractivity contribution in [1.82, 2.24) is 0 Å². The van der Waals surface area contributed by atoms with Gasteiger partial charge in [-0.05, 0) is 37.5 Å². The summed E-state index contributed by atoms with van der Waals surface area (Å²) in [6.45, 7) is 6.61. The molecule has 0 aromatic heterocycles. The highest BCUT2D eigenvalue weighted by molar-refractivity contribution is 5.81. The second-order valence-corrected chi connectivity index (χ2v) is 5.30. The van der Waals surface area contributed by atoms with Crippen molar-refractivity contribution in [2.45, 2.75) is 58.9 Å². The van der Waals surface area contributed by atoms with Crippen molar-refractivity contribution in [1.29, 1.82) is 0 Å². The Hall–Kier alpha value is -0.370. The molecule has 1 saturated carbocycles. The van der Waals surface area contributed by atoms with E-state index >= 15 is 0 Å². The first kappa shape index (κ1) is 12.7. The largest absolute Gasteiger partial charge is 0.327 e. The molecule has 1 rings (SSSR count). The van der Waals surface area contributed by atoms with Crippen LogP contribution in [0.25, 0.3) is 0 Å². The lowest BCUT2D eigenvalue weighted by atomic mass is 9.73. The molecular formula is C13H25NO. The first-order chi connectivity index (χ1) is 7.04. The predicted molar refractivity (Wildman–Crippen MR) is 63.6 cm³/mol. The van der Waals surface area contributed by atoms with E-state index < -0.39 is 0 Å². The summed E-state index contributed by atoms with van der Waals surface area (Å²) in [6.07, 6.45) is 4.86. The minimum atomic E-state index is 0.0761. The lowest BCUT2D eigenvalue weighted by molar-refractivity contribution is -0.125. The Kier molecular flexibility index (Phi) is 4.78. The monoisotopic (exact) mass is 211 g/mol. The number of nitrogens with two attached hydrogens (primary N) is 1. The number of carbonyl (C=O) groups excluding carboxylic acids is 1. The van der Waals surface area contributed by atoms with E-state index in [0.717, 1.165) is 25.2 Å². The van der Waals surface area contributed by atoms with Crippen molar-refractivity contribution in [2.24, 2.45) is 23.5 Å². The minimum Gasteiger partial charge on any atom is -0.327 e. The third-order valence-corrected chi connectivity index (χ3v) is 4.04. The molecule has 2 heteroatoms. The van der Waals surface area contributed by atoms with Crippen LogP contribution in [0.2, 0.25) is 0 Å². The zero-order valence-electron chi connectivity index (χ0n) is 10.3. The number of ketones is 1. The van der Waals surface area contributed by atoms with Gasteiger partial charge in [0.1, 0.15) is 5.78 Å². The van der Waals surface area contributed by atoms with E-state index in [1.165, 1.54) is 6.42 Å². The quantitative estimate of drug-likeness (QED) is 0.777. The summed E-state index contributed by atoms with van der Waals surface area (Å²) in [6, 6.07) is 0.0761. The number of carbonyl (C=O) groups is 1. The van der Waals surface area contributed by atoms with E-state index in [1.807, 2.05) is 6.92 Å². The molecule has 2 nitrogen and oxygen atoms in total. The van der Waals surface area contributed by atoms with E-state index in [1.54, 1.807) is 0 Å². The van der Waals surface area contributed by atoms with Gasteiger partial charge in [-0.15, -0.1) is 0 Å². The minimum absolute atomic E-state index is 0.0761. The van der Waals surface area contributed by atoms with Gasteiger partial charge in [0.25, 0.3) is 0 Å². The second-order valence-electron chi connectivity index (χ2n) is 5.30. The van der Waals surface area contributed by atoms with Gasteiger partial charge >= 0.3 is 0 Å². The molecule has 0 aliphatic heterocycles. The SMILES string of the molecule is CCC(N)CC(=O)C1CCC(C)C(C)C1. The van der Waals surface area contributed by atoms with E-state index in [4.69, 9.17) is 5.73 Å². The first-order valence-electron chi connectivity index (χ1n) is 6.32. The highest BCUT2D eigenvalue weighted by Gasteiger charge is 2.29. The fraction of sp³-hybridized carbons (Fsp3) is 0.923. The van der Waals surface area contributed by atoms with Crippen molar-refractivity contribution < 1.29 is 4.79 Å². The highest BCUT2D eigenvalue weighted by atomic mass is 16.1. The van der Waals surface area contributed by atoms with Gasteiger partial charge in [-0.2, -0.15) is 0 Å². The Balaban J connectivity index is 2.40. The molecule has 0 spiro atoms. The Bertz CT molecular complexity index is 215. The lowest BCUT2D eigenvalue weighted by Crippen LogP contribution is -2.31. The molecule has 0 aromatic carbocycles. The van der Waals surface area contributed by atoms with Crippen LogP contribution in [0.1, 0.15) is 52.9 Å². The number of hydrogen-bond acceptors (Lipinski definition) is 2. The van der Waals surface area contributed by atoms with Gasteiger partial charge in [0, 0.05) is 18.4 Å². The van der Waals surface area contributed by atoms with Gasteiger partial charge < -0.3 is 5.73 Å². The zero-order chi connectivity index (χ0) is 11.4. The summed E-state index contributed by atoms with van der Waals surface area (Å²) in [5.41, 5.74) is 5.82. The summed E-state index contributed by atoms with van der Waals surface area (Å²) in [4.78, 5) is 11.9. The van der Waals surface area contributed by atoms with Crippen LogP contribution in [0.3, 0.4) is 0 Å². The lowest BCUT2D eigenvalue weighted by Gasteiger charge is -2.31. The van der Waals surface area contributed by atoms with Crippen molar-refractivity contribution in [3.8, 4) is 0 Å². The van der Waals surface area contributed by atoms with E-state index in [-0.39, 0.29) is 6.04 Å². The van der Waals surface area contributed by atoms with Gasteiger partial charge in [0.2, 0.25) is 0 Å². The van der Waals surface area contributed by atoms with Gasteiger partial charge in [0.05, 0.1) is 0 Å². The molecule has 0 heterocycles. The topological polar surface area (TPSA) is 43.1 Å². The summed E-state index contributed by atoms with van der Waals surface area (Å²) in [5, 5.41) is 0. The molecule has 1 aliphatic rings. The van der Waals surface area contributed by atoms with Crippen LogP contribution in [0.15, 0.2) is 0 Å². The van der Waals surface area contributed by atoms with Crippen molar-refractivity contribution in [3.05, 3.63) is 0 Å². The maximum Gasteiger partial charge on any atom is 0.137 e. The molecule has 0 bridgehead atoms. The molecule has 4 atom stereocenters. The smallest absolute Gasteiger partial charge is 0.137 e. The first-order valence-corrected chi connectivity index (χ1v) is 6.32. The normalized spacial score (nSPS) is 33.7. The zero-order valence-corrected chi connectivity index (χ0v) is 10.3. The predicted octanol–water partition coefficient (Wildman–Crippen LogP) is 2.76. The summed E-state index contributed by atoms with van der Waals surface area (Å²) >= 11 is 0. The molecule has 1 fully saturated rings. The van der Waals surface area contributed by atoms with E-state index in [2.05, 4.69) is 13.8 Å². The standard InChI is InChI=1S/C13H25NO/c1-4-12(14)8-13(15)11-6-5-9(2)10(3)7-11/h9-12H,4-8,14H2,1-3H3. The molecule has 0 amide bonds. The van der Waals surface area contributed by atoms with Crippen LogP contribution < -0.4 is 5.73 Å². The number of rotatable bonds is 4. The molecule has 0 aromatic rings. The van der Waals surface area contributed by atoms with Crippen LogP contribution in [0.4, 0.5) is 0 Å². The molecule has 0 saturated heterocycles. The number of hydrogen-bond donors (Lipinski definition) is 1. The third-order valence-electron chi connectivity index (χ3n) is 4.04. The van der Waals surface area contributed by atoms with Crippen LogP contribution in [0, 0.1) is 17.8 Å². The summed E-state index contributed by atoms with van der Waals surface area (Å²) in [7, 11) is 0. The fourth-order valence-electron chi connectivity index (χ4n) is 2.41. The fourth-order valence-corrected chi connectivity index (χ4v) is 2.41. The summed E-state index contributed by atoms with van der Waals surface area (Å²) in [5.74, 6) is 2.19. The van der Waals surface area contributed by atoms with Crippen molar-refractivity contribution in [3.63, 3.8) is 0 Å². The Morgan fingerprint density at radius 1 is 1.33 bits per heavy atom. The molecule has 4 unspecified atom stereocenters. The van der Waals surface area contributed by atoms with Crippen LogP contribution in [0.5, 0.6) is 0 Å². The highest BCUT2D eigenvalue weighted by Crippen LogP contribution is 2.34. The Labute approximate surface area is 93.6 Å². The van der Waals surface area contributed by atoms with Gasteiger partial charge in [-0.3, -0.25) is 4.79 Å². The van der Waals surface area contributed by atoms with Crippen LogP contribution in [-0.2, 0) is 4.79 Å². The average molecular weight is 211 g/mol. The van der Waals surface area contributed by atoms with Crippen molar-refractivity contribution in [2.75, 3.05) is 0 Å². The third kappa shape index (κ3) is 3.60. The van der Waals surface area contributed by atoms with Gasteiger partial charge in [-0.25, -0.2) is 0 Å². The van der Waals surface area contributed by atoms with E-state index in [9.17, 15) is 4.79 Å². The second kappa shape index (κ2) is 5.64. The molecule has 88 valence electrons. The van der Waals surface area contributed by atoms with Gasteiger partial charge in [-0.1, -0.05) is 20.8 Å². The maximum absolute atomic E-state index is 11.9. The van der Waals surface area contributed by atoms with Crippen LogP contribution >= 0.6 is 0 Å².